The largest absolute Gasteiger partial charge is 0.345 e. The number of para-hydroxylation sites is 2. The van der Waals surface area contributed by atoms with Gasteiger partial charge in [-0.3, -0.25) is 0 Å². The van der Waals surface area contributed by atoms with Crippen LogP contribution in [0.1, 0.15) is 11.1 Å². The molecule has 0 bridgehead atoms. The fraction of sp³-hybridized carbons (Fsp3) is 0.0769. The summed E-state index contributed by atoms with van der Waals surface area (Å²) in [6, 6.07) is 56.0. The smallest absolute Gasteiger partial charge is 0.0463 e. The highest BCUT2D eigenvalue weighted by molar-refractivity contribution is 5.81. The van der Waals surface area contributed by atoms with E-state index in [2.05, 4.69) is 187 Å². The second-order valence-corrected chi connectivity index (χ2v) is 10.6. The molecule has 0 amide bonds. The topological polar surface area (TPSA) is 9.72 Å². The first kappa shape index (κ1) is 26.9. The highest BCUT2D eigenvalue weighted by atomic mass is 15.2. The van der Waals surface area contributed by atoms with Crippen LogP contribution in [0.25, 0.3) is 0 Å². The molecule has 0 radical (unpaired) electrons. The van der Waals surface area contributed by atoms with Gasteiger partial charge in [-0.25, -0.2) is 0 Å². The Morgan fingerprint density at radius 2 is 0.524 bits per heavy atom. The van der Waals surface area contributed by atoms with Crippen molar-refractivity contribution in [3.8, 4) is 0 Å². The van der Waals surface area contributed by atoms with Gasteiger partial charge in [0.25, 0.3) is 0 Å². The molecule has 6 aromatic rings. The van der Waals surface area contributed by atoms with E-state index in [1.54, 1.807) is 0 Å². The third-order valence-corrected chi connectivity index (χ3v) is 7.60. The van der Waals surface area contributed by atoms with Gasteiger partial charge in [0.15, 0.2) is 0 Å². The van der Waals surface area contributed by atoms with E-state index >= 15 is 0 Å². The van der Waals surface area contributed by atoms with Crippen LogP contribution in [0.2, 0.25) is 0 Å². The van der Waals surface area contributed by atoms with Crippen LogP contribution in [0.3, 0.4) is 0 Å². The molecule has 0 spiro atoms. The van der Waals surface area contributed by atoms with Gasteiger partial charge < -0.3 is 14.7 Å². The normalized spacial score (nSPS) is 10.7. The number of nitrogens with zero attached hydrogens (tertiary/aromatic N) is 3. The van der Waals surface area contributed by atoms with E-state index in [-0.39, 0.29) is 0 Å². The van der Waals surface area contributed by atoms with Gasteiger partial charge in [0.05, 0.1) is 0 Å². The minimum absolute atomic E-state index is 1.10. The lowest BCUT2D eigenvalue weighted by Gasteiger charge is -2.29. The summed E-state index contributed by atoms with van der Waals surface area (Å²) in [7, 11) is 2.10. The summed E-state index contributed by atoms with van der Waals surface area (Å²) in [6.07, 6.45) is 0. The molecule has 0 N–H and O–H groups in total. The van der Waals surface area contributed by atoms with Crippen LogP contribution in [-0.2, 0) is 0 Å². The zero-order chi connectivity index (χ0) is 28.9. The molecule has 0 aromatic heterocycles. The summed E-state index contributed by atoms with van der Waals surface area (Å²) in [5.74, 6) is 0. The summed E-state index contributed by atoms with van der Waals surface area (Å²) < 4.78 is 0. The van der Waals surface area contributed by atoms with Gasteiger partial charge in [0.1, 0.15) is 0 Å². The Labute approximate surface area is 249 Å². The van der Waals surface area contributed by atoms with E-state index in [1.165, 1.54) is 11.1 Å². The number of benzene rings is 6. The fourth-order valence-corrected chi connectivity index (χ4v) is 5.24. The van der Waals surface area contributed by atoms with Crippen LogP contribution >= 0.6 is 0 Å². The molecular formula is C39H35N3. The molecule has 0 saturated carbocycles. The SMILES string of the molecule is Cc1ccc(N(c2ccccc2)c2ccc(N(c3ccc(C)cc3)c3ccc(N(C)c4ccccc4)cc3)cc2)cc1. The Morgan fingerprint density at radius 3 is 0.881 bits per heavy atom. The predicted octanol–water partition coefficient (Wildman–Crippen LogP) is 11.0. The van der Waals surface area contributed by atoms with Gasteiger partial charge in [-0.05, 0) is 111 Å². The average Bonchev–Trinajstić information content (AvgIpc) is 3.05. The molecule has 3 heteroatoms. The molecule has 0 aliphatic rings. The van der Waals surface area contributed by atoms with E-state index in [4.69, 9.17) is 0 Å². The molecule has 0 saturated heterocycles. The Morgan fingerprint density at radius 1 is 0.286 bits per heavy atom. The maximum Gasteiger partial charge on any atom is 0.0463 e. The van der Waals surface area contributed by atoms with Crippen molar-refractivity contribution in [2.45, 2.75) is 13.8 Å². The van der Waals surface area contributed by atoms with Gasteiger partial charge in [0.2, 0.25) is 0 Å². The number of anilines is 8. The first-order valence-electron chi connectivity index (χ1n) is 14.3. The first-order valence-corrected chi connectivity index (χ1v) is 14.3. The summed E-state index contributed by atoms with van der Waals surface area (Å²) >= 11 is 0. The van der Waals surface area contributed by atoms with Crippen LogP contribution in [-0.4, -0.2) is 7.05 Å². The molecule has 206 valence electrons. The summed E-state index contributed by atoms with van der Waals surface area (Å²) in [5.41, 5.74) is 11.5. The molecule has 0 aliphatic carbocycles. The number of hydrogen-bond donors (Lipinski definition) is 0. The summed E-state index contributed by atoms with van der Waals surface area (Å²) in [5, 5.41) is 0. The van der Waals surface area contributed by atoms with Gasteiger partial charge in [0, 0.05) is 52.5 Å². The second-order valence-electron chi connectivity index (χ2n) is 10.6. The van der Waals surface area contributed by atoms with Gasteiger partial charge in [-0.2, -0.15) is 0 Å². The van der Waals surface area contributed by atoms with E-state index in [9.17, 15) is 0 Å². The molecule has 0 aliphatic heterocycles. The average molecular weight is 546 g/mol. The van der Waals surface area contributed by atoms with Crippen LogP contribution in [0, 0.1) is 13.8 Å². The quantitative estimate of drug-likeness (QED) is 0.188. The van der Waals surface area contributed by atoms with Crippen molar-refractivity contribution in [3.63, 3.8) is 0 Å². The summed E-state index contributed by atoms with van der Waals surface area (Å²) in [6.45, 7) is 4.25. The van der Waals surface area contributed by atoms with E-state index in [0.717, 1.165) is 45.5 Å². The Bertz CT molecular complexity index is 1710. The number of rotatable bonds is 8. The molecule has 6 aromatic carbocycles. The van der Waals surface area contributed by atoms with Gasteiger partial charge in [-0.1, -0.05) is 71.8 Å². The van der Waals surface area contributed by atoms with Crippen molar-refractivity contribution < 1.29 is 0 Å². The fourth-order valence-electron chi connectivity index (χ4n) is 5.24. The molecule has 0 unspecified atom stereocenters. The van der Waals surface area contributed by atoms with Crippen LogP contribution in [0.5, 0.6) is 0 Å². The van der Waals surface area contributed by atoms with Crippen molar-refractivity contribution in [1.29, 1.82) is 0 Å². The minimum Gasteiger partial charge on any atom is -0.345 e. The standard InChI is InChI=1S/C39H35N3/c1-30-14-18-35(19-15-30)41(34-12-8-5-9-13-34)38-26-28-39(29-27-38)42(36-20-16-31(2)17-21-36)37-24-22-33(23-25-37)40(3)32-10-6-4-7-11-32/h4-29H,1-3H3. The lowest BCUT2D eigenvalue weighted by atomic mass is 10.1. The molecule has 0 heterocycles. The van der Waals surface area contributed by atoms with Crippen molar-refractivity contribution in [3.05, 3.63) is 169 Å². The van der Waals surface area contributed by atoms with Crippen molar-refractivity contribution in [2.24, 2.45) is 0 Å². The van der Waals surface area contributed by atoms with Crippen molar-refractivity contribution in [1.82, 2.24) is 0 Å². The Kier molecular flexibility index (Phi) is 7.74. The van der Waals surface area contributed by atoms with Crippen LogP contribution in [0.4, 0.5) is 45.5 Å². The van der Waals surface area contributed by atoms with Crippen molar-refractivity contribution in [2.75, 3.05) is 21.7 Å². The predicted molar refractivity (Wildman–Crippen MR) is 180 cm³/mol. The first-order chi connectivity index (χ1) is 20.6. The zero-order valence-electron chi connectivity index (χ0n) is 24.4. The van der Waals surface area contributed by atoms with Crippen LogP contribution < -0.4 is 14.7 Å². The molecule has 42 heavy (non-hydrogen) atoms. The third-order valence-electron chi connectivity index (χ3n) is 7.60. The molecule has 0 fully saturated rings. The number of aryl methyl sites for hydroxylation is 2. The Hall–Kier alpha value is -5.28. The van der Waals surface area contributed by atoms with Crippen molar-refractivity contribution >= 4 is 45.5 Å². The molecule has 0 atom stereocenters. The highest BCUT2D eigenvalue weighted by Crippen LogP contribution is 2.39. The zero-order valence-corrected chi connectivity index (χ0v) is 24.4. The lowest BCUT2D eigenvalue weighted by Crippen LogP contribution is -2.13. The van der Waals surface area contributed by atoms with Crippen LogP contribution in [0.15, 0.2) is 158 Å². The third kappa shape index (κ3) is 5.77. The van der Waals surface area contributed by atoms with E-state index < -0.39 is 0 Å². The molecular weight excluding hydrogens is 510 g/mol. The maximum atomic E-state index is 2.31. The Balaban J connectivity index is 1.37. The van der Waals surface area contributed by atoms with Gasteiger partial charge >= 0.3 is 0 Å². The number of hydrogen-bond acceptors (Lipinski definition) is 3. The maximum absolute atomic E-state index is 2.31. The monoisotopic (exact) mass is 545 g/mol. The minimum atomic E-state index is 1.10. The van der Waals surface area contributed by atoms with E-state index in [0.29, 0.717) is 0 Å². The molecule has 6 rings (SSSR count). The van der Waals surface area contributed by atoms with Gasteiger partial charge in [-0.15, -0.1) is 0 Å². The highest BCUT2D eigenvalue weighted by Gasteiger charge is 2.16. The molecule has 3 nitrogen and oxygen atoms in total. The lowest BCUT2D eigenvalue weighted by molar-refractivity contribution is 1.20. The summed E-state index contributed by atoms with van der Waals surface area (Å²) in [4.78, 5) is 6.82. The van der Waals surface area contributed by atoms with E-state index in [1.807, 2.05) is 6.07 Å². The second kappa shape index (κ2) is 12.1.